The number of aryl methyl sites for hydroxylation is 2. The van der Waals surface area contributed by atoms with Crippen molar-refractivity contribution >= 4 is 5.65 Å². The summed E-state index contributed by atoms with van der Waals surface area (Å²) in [6, 6.07) is 7.81. The normalized spacial score (nSPS) is 15.0. The number of hydrogen-bond donors (Lipinski definition) is 0. The van der Waals surface area contributed by atoms with Crippen LogP contribution in [-0.2, 0) is 6.54 Å². The highest BCUT2D eigenvalue weighted by Gasteiger charge is 2.32. The van der Waals surface area contributed by atoms with E-state index in [0.717, 1.165) is 11.1 Å². The zero-order valence-electron chi connectivity index (χ0n) is 14.8. The molecule has 136 valence electrons. The Morgan fingerprint density at radius 3 is 2.70 bits per heavy atom. The summed E-state index contributed by atoms with van der Waals surface area (Å²) in [6.45, 7) is 4.15. The van der Waals surface area contributed by atoms with Crippen molar-refractivity contribution in [1.29, 1.82) is 0 Å². The van der Waals surface area contributed by atoms with E-state index in [0.29, 0.717) is 29.4 Å². The maximum absolute atomic E-state index is 14.9. The van der Waals surface area contributed by atoms with Crippen LogP contribution in [0.4, 0.5) is 8.78 Å². The molecule has 4 aromatic rings. The number of aromatic nitrogens is 6. The Kier molecular flexibility index (Phi) is 3.37. The van der Waals surface area contributed by atoms with Gasteiger partial charge in [0.25, 0.3) is 0 Å². The van der Waals surface area contributed by atoms with Gasteiger partial charge in [-0.15, -0.1) is 5.10 Å². The lowest BCUT2D eigenvalue weighted by molar-refractivity contribution is 0.159. The number of halogens is 2. The maximum Gasteiger partial charge on any atom is 0.198 e. The molecule has 6 nitrogen and oxygen atoms in total. The third kappa shape index (κ3) is 2.36. The first-order valence-corrected chi connectivity index (χ1v) is 8.65. The van der Waals surface area contributed by atoms with Crippen LogP contribution >= 0.6 is 0 Å². The van der Waals surface area contributed by atoms with E-state index >= 15 is 0 Å². The van der Waals surface area contributed by atoms with E-state index in [-0.39, 0.29) is 11.5 Å². The summed E-state index contributed by atoms with van der Waals surface area (Å²) < 4.78 is 33.1. The van der Waals surface area contributed by atoms with Crippen molar-refractivity contribution in [3.8, 4) is 11.4 Å². The molecule has 0 aliphatic carbocycles. The van der Waals surface area contributed by atoms with Crippen LogP contribution in [0.1, 0.15) is 40.8 Å². The van der Waals surface area contributed by atoms with Crippen molar-refractivity contribution in [3.63, 3.8) is 0 Å². The summed E-state index contributed by atoms with van der Waals surface area (Å²) in [7, 11) is 0. The quantitative estimate of drug-likeness (QED) is 0.489. The molecule has 27 heavy (non-hydrogen) atoms. The zero-order valence-corrected chi connectivity index (χ0v) is 14.8. The highest BCUT2D eigenvalue weighted by atomic mass is 19.2. The van der Waals surface area contributed by atoms with Gasteiger partial charge >= 0.3 is 0 Å². The summed E-state index contributed by atoms with van der Waals surface area (Å²) in [4.78, 5) is 12.7. The van der Waals surface area contributed by atoms with Gasteiger partial charge in [0.15, 0.2) is 23.8 Å². The Labute approximate surface area is 153 Å². The Morgan fingerprint density at radius 1 is 1.07 bits per heavy atom. The molecule has 2 atom stereocenters. The summed E-state index contributed by atoms with van der Waals surface area (Å²) in [5.74, 6) is 0.463. The van der Waals surface area contributed by atoms with Crippen molar-refractivity contribution in [2.24, 2.45) is 0 Å². The highest BCUT2D eigenvalue weighted by Crippen LogP contribution is 2.37. The Hall–Kier alpha value is -3.16. The molecule has 0 spiro atoms. The number of fused-ring (bicyclic) bond motifs is 4. The predicted octanol–water partition coefficient (Wildman–Crippen LogP) is 3.69. The number of hydrogen-bond acceptors (Lipinski definition) is 4. The molecule has 0 saturated carbocycles. The third-order valence-corrected chi connectivity index (χ3v) is 4.91. The molecule has 0 N–H and O–H groups in total. The molecule has 4 heterocycles. The molecular weight excluding hydrogens is 350 g/mol. The van der Waals surface area contributed by atoms with E-state index in [9.17, 15) is 8.78 Å². The largest absolute Gasteiger partial charge is 0.326 e. The minimum Gasteiger partial charge on any atom is -0.326 e. The lowest BCUT2D eigenvalue weighted by Crippen LogP contribution is -2.05. The van der Waals surface area contributed by atoms with Crippen LogP contribution in [0.5, 0.6) is 0 Å². The SMILES string of the molecule is Cc1ncc(C)n2nc(C(F)C(F)c3cn4c(n3)-c3ccccc3C4)nc12. The standard InChI is InChI=1S/C19H16F2N6/c1-10-7-22-11(2)18-24-17(25-27(10)18)16(21)15(20)14-9-26-8-12-5-3-4-6-13(12)19(26)23-14/h3-7,9,15-16H,8H2,1-2H3. The van der Waals surface area contributed by atoms with Crippen molar-refractivity contribution in [2.75, 3.05) is 0 Å². The second-order valence-electron chi connectivity index (χ2n) is 6.77. The summed E-state index contributed by atoms with van der Waals surface area (Å²) >= 11 is 0. The molecule has 1 aliphatic rings. The highest BCUT2D eigenvalue weighted by molar-refractivity contribution is 5.65. The predicted molar refractivity (Wildman–Crippen MR) is 94.7 cm³/mol. The van der Waals surface area contributed by atoms with E-state index in [2.05, 4.69) is 20.1 Å². The Morgan fingerprint density at radius 2 is 1.89 bits per heavy atom. The van der Waals surface area contributed by atoms with Gasteiger partial charge in [-0.2, -0.15) is 0 Å². The molecule has 1 aromatic carbocycles. The van der Waals surface area contributed by atoms with Crippen LogP contribution in [0.15, 0.2) is 36.7 Å². The van der Waals surface area contributed by atoms with Crippen LogP contribution in [0.2, 0.25) is 0 Å². The van der Waals surface area contributed by atoms with Crippen molar-refractivity contribution in [3.05, 3.63) is 65.1 Å². The van der Waals surface area contributed by atoms with E-state index < -0.39 is 12.3 Å². The molecule has 1 aliphatic heterocycles. The molecule has 0 bridgehead atoms. The summed E-state index contributed by atoms with van der Waals surface area (Å²) in [5.41, 5.74) is 3.88. The molecule has 2 unspecified atom stereocenters. The fourth-order valence-electron chi connectivity index (χ4n) is 3.47. The van der Waals surface area contributed by atoms with E-state index in [4.69, 9.17) is 0 Å². The molecular formula is C19H16F2N6. The van der Waals surface area contributed by atoms with Crippen LogP contribution < -0.4 is 0 Å². The van der Waals surface area contributed by atoms with Crippen LogP contribution in [0, 0.1) is 13.8 Å². The molecule has 3 aromatic heterocycles. The van der Waals surface area contributed by atoms with Gasteiger partial charge in [0.1, 0.15) is 5.82 Å². The maximum atomic E-state index is 14.9. The minimum atomic E-state index is -2.01. The first-order chi connectivity index (χ1) is 13.0. The number of nitrogens with zero attached hydrogens (tertiary/aromatic N) is 6. The van der Waals surface area contributed by atoms with Gasteiger partial charge in [0.2, 0.25) is 0 Å². The summed E-state index contributed by atoms with van der Waals surface area (Å²) in [5, 5.41) is 4.13. The third-order valence-electron chi connectivity index (χ3n) is 4.91. The van der Waals surface area contributed by atoms with E-state index in [1.165, 1.54) is 4.52 Å². The van der Waals surface area contributed by atoms with Gasteiger partial charge in [0, 0.05) is 24.5 Å². The minimum absolute atomic E-state index is 0.0532. The van der Waals surface area contributed by atoms with Gasteiger partial charge < -0.3 is 4.57 Å². The van der Waals surface area contributed by atoms with Gasteiger partial charge in [-0.3, -0.25) is 4.98 Å². The van der Waals surface area contributed by atoms with Crippen molar-refractivity contribution < 1.29 is 8.78 Å². The molecule has 0 saturated heterocycles. The van der Waals surface area contributed by atoms with Gasteiger partial charge in [-0.1, -0.05) is 24.3 Å². The first kappa shape index (κ1) is 16.0. The van der Waals surface area contributed by atoms with Gasteiger partial charge in [-0.25, -0.2) is 23.3 Å². The molecule has 5 rings (SSSR count). The number of alkyl halides is 2. The fraction of sp³-hybridized carbons (Fsp3) is 0.263. The van der Waals surface area contributed by atoms with Crippen LogP contribution in [-0.4, -0.2) is 29.1 Å². The average molecular weight is 366 g/mol. The van der Waals surface area contributed by atoms with E-state index in [1.54, 1.807) is 26.2 Å². The second-order valence-corrected chi connectivity index (χ2v) is 6.77. The Bertz CT molecular complexity index is 1140. The number of benzene rings is 1. The summed E-state index contributed by atoms with van der Waals surface area (Å²) in [6.07, 6.45) is -0.755. The van der Waals surface area contributed by atoms with Gasteiger partial charge in [-0.05, 0) is 19.4 Å². The monoisotopic (exact) mass is 366 g/mol. The van der Waals surface area contributed by atoms with Crippen molar-refractivity contribution in [2.45, 2.75) is 32.7 Å². The molecule has 0 fully saturated rings. The van der Waals surface area contributed by atoms with Crippen LogP contribution in [0.25, 0.3) is 17.0 Å². The lowest BCUT2D eigenvalue weighted by atomic mass is 10.1. The van der Waals surface area contributed by atoms with Gasteiger partial charge in [0.05, 0.1) is 17.1 Å². The molecule has 8 heteroatoms. The fourth-order valence-corrected chi connectivity index (χ4v) is 3.47. The van der Waals surface area contributed by atoms with E-state index in [1.807, 2.05) is 28.8 Å². The molecule has 0 amide bonds. The number of rotatable bonds is 3. The topological polar surface area (TPSA) is 60.9 Å². The Balaban J connectivity index is 1.50. The lowest BCUT2D eigenvalue weighted by Gasteiger charge is -2.08. The zero-order chi connectivity index (χ0) is 18.7. The van der Waals surface area contributed by atoms with Crippen LogP contribution in [0.3, 0.4) is 0 Å². The average Bonchev–Trinajstić information content (AvgIpc) is 3.36. The second kappa shape index (κ2) is 5.67. The van der Waals surface area contributed by atoms with Crippen molar-refractivity contribution in [1.82, 2.24) is 29.1 Å². The number of imidazole rings is 1. The molecule has 0 radical (unpaired) electrons. The first-order valence-electron chi connectivity index (χ1n) is 8.65. The smallest absolute Gasteiger partial charge is 0.198 e.